The first-order chi connectivity index (χ1) is 9.20. The normalized spacial score (nSPS) is 11.0. The third kappa shape index (κ3) is 1.79. The quantitative estimate of drug-likeness (QED) is 0.713. The summed E-state index contributed by atoms with van der Waals surface area (Å²) < 4.78 is 9.88. The maximum Gasteiger partial charge on any atom is 0.313 e. The van der Waals surface area contributed by atoms with Gasteiger partial charge in [0.05, 0.1) is 18.2 Å². The highest BCUT2D eigenvalue weighted by atomic mass is 16.5. The Hall–Kier alpha value is -2.56. The van der Waals surface area contributed by atoms with E-state index in [9.17, 15) is 9.90 Å². The molecule has 19 heavy (non-hydrogen) atoms. The van der Waals surface area contributed by atoms with Crippen LogP contribution in [-0.2, 0) is 16.0 Å². The number of rotatable bonds is 2. The summed E-state index contributed by atoms with van der Waals surface area (Å²) in [5.41, 5.74) is 1.84. The number of hydrogen-bond acceptors (Lipinski definition) is 5. The molecule has 0 atom stereocenters. The minimum absolute atomic E-state index is 0.0114. The Balaban J connectivity index is 2.24. The van der Waals surface area contributed by atoms with Crippen molar-refractivity contribution < 1.29 is 19.1 Å². The van der Waals surface area contributed by atoms with E-state index in [2.05, 4.69) is 9.72 Å². The van der Waals surface area contributed by atoms with Gasteiger partial charge in [-0.25, -0.2) is 4.98 Å². The number of carbonyl (C=O) groups is 1. The molecule has 2 aliphatic rings. The van der Waals surface area contributed by atoms with Gasteiger partial charge in [-0.05, 0) is 6.07 Å². The van der Waals surface area contributed by atoms with Crippen LogP contribution >= 0.6 is 0 Å². The number of aromatic nitrogens is 1. The van der Waals surface area contributed by atoms with Crippen LogP contribution in [0.3, 0.4) is 0 Å². The fraction of sp³-hybridized carbons (Fsp3) is 0.143. The molecular weight excluding hydrogens is 246 g/mol. The third-order valence-corrected chi connectivity index (χ3v) is 3.01. The molecule has 0 saturated heterocycles. The standard InChI is InChI=1S/C14H11NO4/c1-18-12(17)6-11-14-13(10(16)7-19-11)8-4-2-3-5-9(8)15-14/h2-5,7,16H,6H2,1H3. The Labute approximate surface area is 108 Å². The average Bonchev–Trinajstić information content (AvgIpc) is 2.82. The van der Waals surface area contributed by atoms with Crippen molar-refractivity contribution in [3.8, 4) is 17.0 Å². The lowest BCUT2D eigenvalue weighted by atomic mass is 10.1. The molecule has 0 unspecified atom stereocenters. The van der Waals surface area contributed by atoms with Crippen LogP contribution in [0.15, 0.2) is 34.9 Å². The number of fused-ring (bicyclic) bond motifs is 3. The first kappa shape index (κ1) is 11.5. The number of carbonyl (C=O) groups excluding carboxylic acids is 1. The molecule has 0 aliphatic carbocycles. The predicted molar refractivity (Wildman–Crippen MR) is 68.0 cm³/mol. The van der Waals surface area contributed by atoms with Crippen molar-refractivity contribution in [2.24, 2.45) is 0 Å². The van der Waals surface area contributed by atoms with Crippen LogP contribution in [0.5, 0.6) is 5.75 Å². The van der Waals surface area contributed by atoms with Crippen LogP contribution in [-0.4, -0.2) is 23.2 Å². The molecule has 2 aliphatic heterocycles. The summed E-state index contributed by atoms with van der Waals surface area (Å²) in [4.78, 5) is 15.8. The van der Waals surface area contributed by atoms with Gasteiger partial charge in [-0.15, -0.1) is 0 Å². The monoisotopic (exact) mass is 257 g/mol. The van der Waals surface area contributed by atoms with Crippen molar-refractivity contribution in [2.45, 2.75) is 6.42 Å². The summed E-state index contributed by atoms with van der Waals surface area (Å²) >= 11 is 0. The highest BCUT2D eigenvalue weighted by Gasteiger charge is 2.23. The molecular formula is C14H11NO4. The van der Waals surface area contributed by atoms with Crippen molar-refractivity contribution in [3.05, 3.63) is 36.3 Å². The maximum atomic E-state index is 11.4. The van der Waals surface area contributed by atoms with Crippen LogP contribution in [0, 0.1) is 0 Å². The van der Waals surface area contributed by atoms with E-state index in [1.165, 1.54) is 13.4 Å². The second-order valence-electron chi connectivity index (χ2n) is 4.15. The zero-order valence-electron chi connectivity index (χ0n) is 10.2. The van der Waals surface area contributed by atoms with Crippen molar-refractivity contribution in [1.82, 2.24) is 4.98 Å². The number of ether oxygens (including phenoxy) is 1. The molecule has 2 heterocycles. The van der Waals surface area contributed by atoms with E-state index in [-0.39, 0.29) is 12.2 Å². The van der Waals surface area contributed by atoms with Gasteiger partial charge in [0.1, 0.15) is 24.1 Å². The van der Waals surface area contributed by atoms with E-state index in [1.54, 1.807) is 0 Å². The minimum atomic E-state index is -0.414. The van der Waals surface area contributed by atoms with Gasteiger partial charge in [0, 0.05) is 5.39 Å². The Kier molecular flexibility index (Phi) is 2.59. The van der Waals surface area contributed by atoms with E-state index in [0.29, 0.717) is 17.0 Å². The van der Waals surface area contributed by atoms with Gasteiger partial charge in [0.2, 0.25) is 0 Å². The number of hydrogen-bond donors (Lipinski definition) is 1. The Bertz CT molecular complexity index is 732. The number of esters is 1. The smallest absolute Gasteiger partial charge is 0.313 e. The first-order valence-electron chi connectivity index (χ1n) is 5.75. The summed E-state index contributed by atoms with van der Waals surface area (Å²) in [7, 11) is 1.31. The highest BCUT2D eigenvalue weighted by molar-refractivity contribution is 6.00. The minimum Gasteiger partial charge on any atom is -0.504 e. The third-order valence-electron chi connectivity index (χ3n) is 3.01. The van der Waals surface area contributed by atoms with Gasteiger partial charge in [-0.3, -0.25) is 4.79 Å². The summed E-state index contributed by atoms with van der Waals surface area (Å²) in [6.07, 6.45) is 1.20. The average molecular weight is 257 g/mol. The summed E-state index contributed by atoms with van der Waals surface area (Å²) in [6, 6.07) is 7.44. The summed E-state index contributed by atoms with van der Waals surface area (Å²) in [5.74, 6) is -0.0176. The zero-order valence-corrected chi connectivity index (χ0v) is 10.2. The maximum absolute atomic E-state index is 11.4. The van der Waals surface area contributed by atoms with E-state index in [4.69, 9.17) is 4.42 Å². The van der Waals surface area contributed by atoms with Crippen molar-refractivity contribution in [2.75, 3.05) is 7.11 Å². The van der Waals surface area contributed by atoms with Gasteiger partial charge in [0.15, 0.2) is 5.75 Å². The largest absolute Gasteiger partial charge is 0.504 e. The molecule has 1 aromatic carbocycles. The number of benzene rings is 1. The predicted octanol–water partition coefficient (Wildman–Crippen LogP) is 2.35. The van der Waals surface area contributed by atoms with E-state index < -0.39 is 5.97 Å². The molecule has 0 radical (unpaired) electrons. The van der Waals surface area contributed by atoms with Gasteiger partial charge in [0.25, 0.3) is 0 Å². The molecule has 1 N–H and O–H groups in total. The fourth-order valence-corrected chi connectivity index (χ4v) is 2.12. The molecule has 96 valence electrons. The number of methoxy groups -OCH3 is 1. The van der Waals surface area contributed by atoms with Gasteiger partial charge in [-0.2, -0.15) is 0 Å². The summed E-state index contributed by atoms with van der Waals surface area (Å²) in [6.45, 7) is 0. The lowest BCUT2D eigenvalue weighted by Gasteiger charge is -2.06. The topological polar surface area (TPSA) is 72.6 Å². The van der Waals surface area contributed by atoms with Crippen LogP contribution in [0.4, 0.5) is 0 Å². The van der Waals surface area contributed by atoms with Gasteiger partial charge >= 0.3 is 5.97 Å². The molecule has 5 heteroatoms. The van der Waals surface area contributed by atoms with Gasteiger partial charge < -0.3 is 14.3 Å². The van der Waals surface area contributed by atoms with Crippen LogP contribution in [0.1, 0.15) is 5.76 Å². The van der Waals surface area contributed by atoms with E-state index in [1.807, 2.05) is 24.3 Å². The van der Waals surface area contributed by atoms with E-state index >= 15 is 0 Å². The molecule has 5 nitrogen and oxygen atoms in total. The number of aromatic hydroxyl groups is 1. The molecule has 1 aromatic rings. The van der Waals surface area contributed by atoms with Crippen LogP contribution in [0.25, 0.3) is 22.2 Å². The van der Waals surface area contributed by atoms with Crippen LogP contribution < -0.4 is 0 Å². The van der Waals surface area contributed by atoms with Crippen molar-refractivity contribution >= 4 is 16.9 Å². The SMILES string of the molecule is COC(=O)Cc1occ(O)c2c3ccccc3nc1-2. The van der Waals surface area contributed by atoms with Gasteiger partial charge in [-0.1, -0.05) is 18.2 Å². The molecule has 0 fully saturated rings. The molecule has 0 aromatic heterocycles. The Morgan fingerprint density at radius 3 is 3.00 bits per heavy atom. The lowest BCUT2D eigenvalue weighted by Crippen LogP contribution is -2.05. The van der Waals surface area contributed by atoms with Crippen molar-refractivity contribution in [3.63, 3.8) is 0 Å². The Morgan fingerprint density at radius 2 is 2.21 bits per heavy atom. The number of nitrogens with zero attached hydrogens (tertiary/aromatic N) is 1. The van der Waals surface area contributed by atoms with E-state index in [0.717, 1.165) is 10.9 Å². The molecule has 3 rings (SSSR count). The highest BCUT2D eigenvalue weighted by Crippen LogP contribution is 2.40. The first-order valence-corrected chi connectivity index (χ1v) is 5.75. The Morgan fingerprint density at radius 1 is 1.42 bits per heavy atom. The van der Waals surface area contributed by atoms with Crippen molar-refractivity contribution in [1.29, 1.82) is 0 Å². The second-order valence-corrected chi connectivity index (χ2v) is 4.15. The number of para-hydroxylation sites is 1. The molecule has 0 amide bonds. The molecule has 0 saturated carbocycles. The molecule has 0 bridgehead atoms. The summed E-state index contributed by atoms with van der Waals surface area (Å²) in [5, 5.41) is 10.8. The second kappa shape index (κ2) is 4.28. The van der Waals surface area contributed by atoms with Crippen LogP contribution in [0.2, 0.25) is 0 Å². The zero-order chi connectivity index (χ0) is 13.4. The lowest BCUT2D eigenvalue weighted by molar-refractivity contribution is -0.140. The molecule has 0 spiro atoms. The fourth-order valence-electron chi connectivity index (χ4n) is 2.12.